The maximum Gasteiger partial charge on any atom is 0.324 e. The molecule has 9 heteroatoms. The van der Waals surface area contributed by atoms with Crippen LogP contribution in [0.5, 0.6) is 0 Å². The molecule has 0 fully saturated rings. The SMILES string of the molecule is CC(C)CNC(=O)COC(=O)[C@H](C)NS(=O)(=O)c1ccc(Cl)cc1. The van der Waals surface area contributed by atoms with E-state index in [4.69, 9.17) is 16.3 Å². The summed E-state index contributed by atoms with van der Waals surface area (Å²) in [6.45, 7) is 5.20. The highest BCUT2D eigenvalue weighted by atomic mass is 35.5. The fraction of sp³-hybridized carbons (Fsp3) is 0.467. The van der Waals surface area contributed by atoms with Gasteiger partial charge in [-0.15, -0.1) is 0 Å². The first kappa shape index (κ1) is 20.4. The van der Waals surface area contributed by atoms with Gasteiger partial charge in [-0.3, -0.25) is 9.59 Å². The van der Waals surface area contributed by atoms with Crippen molar-refractivity contribution >= 4 is 33.5 Å². The van der Waals surface area contributed by atoms with Crippen molar-refractivity contribution in [2.45, 2.75) is 31.7 Å². The highest BCUT2D eigenvalue weighted by Gasteiger charge is 2.23. The summed E-state index contributed by atoms with van der Waals surface area (Å²) in [6.07, 6.45) is 0. The number of rotatable bonds is 8. The number of hydrogen-bond acceptors (Lipinski definition) is 5. The Morgan fingerprint density at radius 3 is 2.29 bits per heavy atom. The first-order valence-electron chi connectivity index (χ1n) is 7.33. The molecule has 1 amide bonds. The zero-order valence-electron chi connectivity index (χ0n) is 13.7. The molecule has 0 aliphatic rings. The predicted molar refractivity (Wildman–Crippen MR) is 90.0 cm³/mol. The lowest BCUT2D eigenvalue weighted by Crippen LogP contribution is -2.41. The maximum absolute atomic E-state index is 12.1. The summed E-state index contributed by atoms with van der Waals surface area (Å²) in [4.78, 5) is 23.2. The summed E-state index contributed by atoms with van der Waals surface area (Å²) in [6, 6.07) is 4.36. The van der Waals surface area contributed by atoms with E-state index < -0.39 is 34.5 Å². The van der Waals surface area contributed by atoms with E-state index in [0.29, 0.717) is 11.6 Å². The van der Waals surface area contributed by atoms with Crippen molar-refractivity contribution < 1.29 is 22.7 Å². The van der Waals surface area contributed by atoms with Gasteiger partial charge in [-0.05, 0) is 37.1 Å². The van der Waals surface area contributed by atoms with Gasteiger partial charge >= 0.3 is 5.97 Å². The Labute approximate surface area is 146 Å². The summed E-state index contributed by atoms with van der Waals surface area (Å²) in [5, 5.41) is 2.99. The molecule has 1 aromatic carbocycles. The monoisotopic (exact) mass is 376 g/mol. The zero-order chi connectivity index (χ0) is 18.3. The van der Waals surface area contributed by atoms with Crippen molar-refractivity contribution in [2.75, 3.05) is 13.2 Å². The van der Waals surface area contributed by atoms with Crippen LogP contribution in [0.4, 0.5) is 0 Å². The first-order valence-corrected chi connectivity index (χ1v) is 9.19. The van der Waals surface area contributed by atoms with Crippen LogP contribution in [0.3, 0.4) is 0 Å². The van der Waals surface area contributed by atoms with Gasteiger partial charge in [0.05, 0.1) is 4.90 Å². The molecular formula is C15H21ClN2O5S. The highest BCUT2D eigenvalue weighted by Crippen LogP contribution is 2.14. The Morgan fingerprint density at radius 1 is 1.17 bits per heavy atom. The molecule has 0 unspecified atom stereocenters. The normalized spacial score (nSPS) is 12.7. The van der Waals surface area contributed by atoms with E-state index in [0.717, 1.165) is 0 Å². The second kappa shape index (κ2) is 9.00. The topological polar surface area (TPSA) is 102 Å². The second-order valence-corrected chi connectivity index (χ2v) is 7.75. The van der Waals surface area contributed by atoms with Crippen LogP contribution in [0.2, 0.25) is 5.02 Å². The molecule has 7 nitrogen and oxygen atoms in total. The Bertz CT molecular complexity index is 674. The quantitative estimate of drug-likeness (QED) is 0.666. The number of benzene rings is 1. The average molecular weight is 377 g/mol. The molecule has 0 aliphatic heterocycles. The number of esters is 1. The molecular weight excluding hydrogens is 356 g/mol. The van der Waals surface area contributed by atoms with Gasteiger partial charge < -0.3 is 10.1 Å². The van der Waals surface area contributed by atoms with Crippen LogP contribution in [0.1, 0.15) is 20.8 Å². The van der Waals surface area contributed by atoms with Crippen molar-refractivity contribution in [2.24, 2.45) is 5.92 Å². The standard InChI is InChI=1S/C15H21ClN2O5S/c1-10(2)8-17-14(19)9-23-15(20)11(3)18-24(21,22)13-6-4-12(16)5-7-13/h4-7,10-11,18H,8-9H2,1-3H3,(H,17,19)/t11-/m0/s1. The number of nitrogens with one attached hydrogen (secondary N) is 2. The number of hydrogen-bond donors (Lipinski definition) is 2. The van der Waals surface area contributed by atoms with Crippen LogP contribution in [0, 0.1) is 5.92 Å². The first-order chi connectivity index (χ1) is 11.1. The van der Waals surface area contributed by atoms with Gasteiger partial charge in [-0.25, -0.2) is 8.42 Å². The Kier molecular flexibility index (Phi) is 7.65. The number of halogens is 1. The summed E-state index contributed by atoms with van der Waals surface area (Å²) >= 11 is 5.71. The third-order valence-electron chi connectivity index (χ3n) is 2.86. The molecule has 1 aromatic rings. The van der Waals surface area contributed by atoms with Gasteiger partial charge in [0.25, 0.3) is 5.91 Å². The summed E-state index contributed by atoms with van der Waals surface area (Å²) in [5.41, 5.74) is 0. The van der Waals surface area contributed by atoms with Crippen LogP contribution >= 0.6 is 11.6 Å². The Hall–Kier alpha value is -1.64. The minimum Gasteiger partial charge on any atom is -0.454 e. The molecule has 0 bridgehead atoms. The highest BCUT2D eigenvalue weighted by molar-refractivity contribution is 7.89. The van der Waals surface area contributed by atoms with Crippen molar-refractivity contribution in [1.82, 2.24) is 10.0 Å². The molecule has 134 valence electrons. The van der Waals surface area contributed by atoms with Gasteiger partial charge in [0.2, 0.25) is 10.0 Å². The van der Waals surface area contributed by atoms with Crippen LogP contribution in [0.15, 0.2) is 29.2 Å². The number of carbonyl (C=O) groups excluding carboxylic acids is 2. The summed E-state index contributed by atoms with van der Waals surface area (Å²) in [5.74, 6) is -1.01. The number of carbonyl (C=O) groups is 2. The number of amides is 1. The van der Waals surface area contributed by atoms with Crippen LogP contribution in [-0.2, 0) is 24.3 Å². The molecule has 0 aliphatic carbocycles. The van der Waals surface area contributed by atoms with Gasteiger partial charge in [-0.2, -0.15) is 4.72 Å². The summed E-state index contributed by atoms with van der Waals surface area (Å²) < 4.78 is 31.3. The van der Waals surface area contributed by atoms with E-state index in [2.05, 4.69) is 10.0 Å². The zero-order valence-corrected chi connectivity index (χ0v) is 15.3. The number of ether oxygens (including phenoxy) is 1. The van der Waals surface area contributed by atoms with E-state index in [1.807, 2.05) is 13.8 Å². The van der Waals surface area contributed by atoms with Crippen molar-refractivity contribution in [3.05, 3.63) is 29.3 Å². The molecule has 0 spiro atoms. The van der Waals surface area contributed by atoms with E-state index in [9.17, 15) is 18.0 Å². The lowest BCUT2D eigenvalue weighted by atomic mass is 10.2. The van der Waals surface area contributed by atoms with Crippen LogP contribution in [-0.4, -0.2) is 39.5 Å². The van der Waals surface area contributed by atoms with Crippen LogP contribution in [0.25, 0.3) is 0 Å². The average Bonchev–Trinajstić information content (AvgIpc) is 2.50. The fourth-order valence-electron chi connectivity index (χ4n) is 1.59. The largest absolute Gasteiger partial charge is 0.454 e. The van der Waals surface area contributed by atoms with E-state index >= 15 is 0 Å². The lowest BCUT2D eigenvalue weighted by molar-refractivity contribution is -0.149. The third-order valence-corrected chi connectivity index (χ3v) is 4.67. The molecule has 0 aromatic heterocycles. The second-order valence-electron chi connectivity index (χ2n) is 5.60. The molecule has 0 saturated heterocycles. The molecule has 2 N–H and O–H groups in total. The van der Waals surface area contributed by atoms with Gasteiger partial charge in [-0.1, -0.05) is 25.4 Å². The smallest absolute Gasteiger partial charge is 0.324 e. The fourth-order valence-corrected chi connectivity index (χ4v) is 2.91. The predicted octanol–water partition coefficient (Wildman–Crippen LogP) is 1.32. The van der Waals surface area contributed by atoms with E-state index in [-0.39, 0.29) is 10.8 Å². The minimum absolute atomic E-state index is 0.0266. The molecule has 1 atom stereocenters. The van der Waals surface area contributed by atoms with Crippen LogP contribution < -0.4 is 10.0 Å². The van der Waals surface area contributed by atoms with E-state index in [1.54, 1.807) is 0 Å². The summed E-state index contributed by atoms with van der Waals surface area (Å²) in [7, 11) is -3.89. The Morgan fingerprint density at radius 2 is 1.75 bits per heavy atom. The molecule has 0 radical (unpaired) electrons. The molecule has 1 rings (SSSR count). The number of sulfonamides is 1. The van der Waals surface area contributed by atoms with Crippen molar-refractivity contribution in [3.8, 4) is 0 Å². The van der Waals surface area contributed by atoms with Gasteiger partial charge in [0.1, 0.15) is 6.04 Å². The van der Waals surface area contributed by atoms with Crippen molar-refractivity contribution in [3.63, 3.8) is 0 Å². The lowest BCUT2D eigenvalue weighted by Gasteiger charge is -2.14. The van der Waals surface area contributed by atoms with Gasteiger partial charge in [0.15, 0.2) is 6.61 Å². The molecule has 24 heavy (non-hydrogen) atoms. The molecule has 0 heterocycles. The van der Waals surface area contributed by atoms with E-state index in [1.165, 1.54) is 31.2 Å². The van der Waals surface area contributed by atoms with Crippen molar-refractivity contribution in [1.29, 1.82) is 0 Å². The maximum atomic E-state index is 12.1. The Balaban J connectivity index is 2.54. The van der Waals surface area contributed by atoms with Gasteiger partial charge in [0, 0.05) is 11.6 Å². The third kappa shape index (κ3) is 6.86. The minimum atomic E-state index is -3.89. The molecule has 0 saturated carbocycles.